The Kier molecular flexibility index (Phi) is 9.20. The van der Waals surface area contributed by atoms with Crippen molar-refractivity contribution in [2.24, 2.45) is 5.14 Å². The molecule has 1 aliphatic rings. The van der Waals surface area contributed by atoms with Crippen LogP contribution in [0, 0.1) is 0 Å². The second-order valence-corrected chi connectivity index (χ2v) is 11.8. The number of benzene rings is 3. The van der Waals surface area contributed by atoms with Crippen molar-refractivity contribution in [1.82, 2.24) is 30.1 Å². The third kappa shape index (κ3) is 7.86. The predicted molar refractivity (Wildman–Crippen MR) is 157 cm³/mol. The maximum atomic E-state index is 13.4. The van der Waals surface area contributed by atoms with Crippen LogP contribution in [0.5, 0.6) is 0 Å². The number of amides is 1. The maximum Gasteiger partial charge on any atom is 0.245 e. The van der Waals surface area contributed by atoms with Crippen molar-refractivity contribution in [3.8, 4) is 11.3 Å². The first-order valence-corrected chi connectivity index (χ1v) is 15.2. The first kappa shape index (κ1) is 28.6. The standard InChI is InChI=1S/C30H35N7O3S/c31-41(39,40)27-13-11-26(12-14-27)28-23-37(34-33-28)29(21-24-7-3-1-4-8-24)30(38)32-15-16-35-17-19-36(20-18-35)22-25-9-5-2-6-10-25/h1-14,23,29H,15-22H2,(H,32,38)(H2,31,39,40)/t29-/m0/s1. The lowest BCUT2D eigenvalue weighted by Crippen LogP contribution is -2.48. The Morgan fingerprint density at radius 3 is 2.10 bits per heavy atom. The van der Waals surface area contributed by atoms with Crippen LogP contribution in [0.4, 0.5) is 0 Å². The first-order valence-electron chi connectivity index (χ1n) is 13.7. The molecule has 214 valence electrons. The summed E-state index contributed by atoms with van der Waals surface area (Å²) < 4.78 is 24.8. The van der Waals surface area contributed by atoms with Crippen LogP contribution in [0.25, 0.3) is 11.3 Å². The van der Waals surface area contributed by atoms with Crippen LogP contribution >= 0.6 is 0 Å². The molecule has 1 amide bonds. The highest BCUT2D eigenvalue weighted by Gasteiger charge is 2.24. The van der Waals surface area contributed by atoms with Crippen molar-refractivity contribution in [2.45, 2.75) is 23.9 Å². The Hall–Kier alpha value is -3.90. The molecule has 0 unspecified atom stereocenters. The number of nitrogens with one attached hydrogen (secondary N) is 1. The van der Waals surface area contributed by atoms with Gasteiger partial charge in [-0.2, -0.15) is 0 Å². The minimum Gasteiger partial charge on any atom is -0.353 e. The second kappa shape index (κ2) is 13.2. The highest BCUT2D eigenvalue weighted by atomic mass is 32.2. The molecular formula is C30H35N7O3S. The lowest BCUT2D eigenvalue weighted by atomic mass is 10.1. The molecule has 3 aromatic carbocycles. The van der Waals surface area contributed by atoms with Gasteiger partial charge in [-0.25, -0.2) is 18.2 Å². The Balaban J connectivity index is 1.19. The summed E-state index contributed by atoms with van der Waals surface area (Å²) in [7, 11) is -3.79. The van der Waals surface area contributed by atoms with Gasteiger partial charge in [-0.15, -0.1) is 5.10 Å². The summed E-state index contributed by atoms with van der Waals surface area (Å²) >= 11 is 0. The van der Waals surface area contributed by atoms with Gasteiger partial charge in [0.15, 0.2) is 0 Å². The summed E-state index contributed by atoms with van der Waals surface area (Å²) in [5, 5.41) is 16.8. The van der Waals surface area contributed by atoms with E-state index in [4.69, 9.17) is 5.14 Å². The largest absolute Gasteiger partial charge is 0.353 e. The third-order valence-corrected chi connectivity index (χ3v) is 8.25. The fourth-order valence-electron chi connectivity index (χ4n) is 4.99. The van der Waals surface area contributed by atoms with Gasteiger partial charge >= 0.3 is 0 Å². The molecule has 5 rings (SSSR count). The van der Waals surface area contributed by atoms with Gasteiger partial charge in [-0.05, 0) is 23.3 Å². The lowest BCUT2D eigenvalue weighted by molar-refractivity contribution is -0.124. The zero-order valence-corrected chi connectivity index (χ0v) is 23.7. The third-order valence-electron chi connectivity index (χ3n) is 7.32. The number of rotatable bonds is 11. The van der Waals surface area contributed by atoms with E-state index < -0.39 is 16.1 Å². The molecule has 2 heterocycles. The quantitative estimate of drug-likeness (QED) is 0.282. The number of nitrogens with zero attached hydrogens (tertiary/aromatic N) is 5. The zero-order valence-electron chi connectivity index (χ0n) is 22.8. The summed E-state index contributed by atoms with van der Waals surface area (Å²) in [5.74, 6) is -0.127. The summed E-state index contributed by atoms with van der Waals surface area (Å²) in [5.41, 5.74) is 3.55. The monoisotopic (exact) mass is 573 g/mol. The predicted octanol–water partition coefficient (Wildman–Crippen LogP) is 2.31. The molecular weight excluding hydrogens is 538 g/mol. The van der Waals surface area contributed by atoms with Crippen molar-refractivity contribution in [2.75, 3.05) is 39.3 Å². The Morgan fingerprint density at radius 2 is 1.46 bits per heavy atom. The molecule has 1 aromatic heterocycles. The summed E-state index contributed by atoms with van der Waals surface area (Å²) in [6.07, 6.45) is 2.17. The number of carbonyl (C=O) groups excluding carboxylic acids is 1. The average Bonchev–Trinajstić information content (AvgIpc) is 3.47. The minimum atomic E-state index is -3.79. The smallest absolute Gasteiger partial charge is 0.245 e. The summed E-state index contributed by atoms with van der Waals surface area (Å²) in [6, 6.07) is 25.8. The van der Waals surface area contributed by atoms with Crippen LogP contribution in [-0.4, -0.2) is 78.4 Å². The molecule has 1 fully saturated rings. The molecule has 4 aromatic rings. The molecule has 0 radical (unpaired) electrons. The normalized spacial score (nSPS) is 15.4. The van der Waals surface area contributed by atoms with E-state index in [-0.39, 0.29) is 10.8 Å². The van der Waals surface area contributed by atoms with E-state index in [9.17, 15) is 13.2 Å². The number of hydrogen-bond acceptors (Lipinski definition) is 7. The van der Waals surface area contributed by atoms with Crippen molar-refractivity contribution in [3.05, 3.63) is 102 Å². The van der Waals surface area contributed by atoms with E-state index in [2.05, 4.69) is 49.7 Å². The molecule has 1 aliphatic heterocycles. The van der Waals surface area contributed by atoms with Crippen molar-refractivity contribution in [1.29, 1.82) is 0 Å². The number of nitrogens with two attached hydrogens (primary N) is 1. The summed E-state index contributed by atoms with van der Waals surface area (Å²) in [6.45, 7) is 6.21. The molecule has 3 N–H and O–H groups in total. The number of primary sulfonamides is 1. The molecule has 1 saturated heterocycles. The van der Waals surface area contributed by atoms with Crippen LogP contribution in [0.2, 0.25) is 0 Å². The van der Waals surface area contributed by atoms with Crippen molar-refractivity contribution < 1.29 is 13.2 Å². The Morgan fingerprint density at radius 1 is 0.854 bits per heavy atom. The number of sulfonamides is 1. The van der Waals surface area contributed by atoms with Crippen molar-refractivity contribution in [3.63, 3.8) is 0 Å². The van der Waals surface area contributed by atoms with E-state index in [0.29, 0.717) is 24.2 Å². The minimum absolute atomic E-state index is 0.0209. The van der Waals surface area contributed by atoms with Gasteiger partial charge in [0, 0.05) is 57.8 Å². The Bertz CT molecular complexity index is 1520. The van der Waals surface area contributed by atoms with E-state index in [1.165, 1.54) is 17.7 Å². The molecule has 0 bridgehead atoms. The molecule has 0 spiro atoms. The van der Waals surface area contributed by atoms with Gasteiger partial charge < -0.3 is 5.32 Å². The zero-order chi connectivity index (χ0) is 28.7. The molecule has 0 saturated carbocycles. The van der Waals surface area contributed by atoms with E-state index in [1.54, 1.807) is 23.0 Å². The van der Waals surface area contributed by atoms with E-state index in [1.807, 2.05) is 36.4 Å². The van der Waals surface area contributed by atoms with Crippen LogP contribution in [0.1, 0.15) is 17.2 Å². The fourth-order valence-corrected chi connectivity index (χ4v) is 5.50. The van der Waals surface area contributed by atoms with Gasteiger partial charge in [-0.1, -0.05) is 78.0 Å². The molecule has 0 aliphatic carbocycles. The SMILES string of the molecule is NS(=O)(=O)c1ccc(-c2cn([C@@H](Cc3ccccc3)C(=O)NCCN3CCN(Cc4ccccc4)CC3)nn2)cc1. The number of hydrogen-bond donors (Lipinski definition) is 2. The molecule has 41 heavy (non-hydrogen) atoms. The summed E-state index contributed by atoms with van der Waals surface area (Å²) in [4.78, 5) is 18.3. The molecule has 1 atom stereocenters. The van der Waals surface area contributed by atoms with Crippen LogP contribution in [-0.2, 0) is 27.8 Å². The fraction of sp³-hybridized carbons (Fsp3) is 0.300. The molecule has 10 nitrogen and oxygen atoms in total. The number of carbonyl (C=O) groups is 1. The van der Waals surface area contributed by atoms with Gasteiger partial charge in [0.1, 0.15) is 11.7 Å². The average molecular weight is 574 g/mol. The van der Waals surface area contributed by atoms with Gasteiger partial charge in [0.25, 0.3) is 0 Å². The molecule has 11 heteroatoms. The highest BCUT2D eigenvalue weighted by Crippen LogP contribution is 2.21. The van der Waals surface area contributed by atoms with Crippen LogP contribution in [0.3, 0.4) is 0 Å². The van der Waals surface area contributed by atoms with Crippen molar-refractivity contribution >= 4 is 15.9 Å². The highest BCUT2D eigenvalue weighted by molar-refractivity contribution is 7.89. The van der Waals surface area contributed by atoms with Gasteiger partial charge in [0.05, 0.1) is 11.1 Å². The van der Waals surface area contributed by atoms with Crippen LogP contribution < -0.4 is 10.5 Å². The number of piperazine rings is 1. The second-order valence-electron chi connectivity index (χ2n) is 10.3. The maximum absolute atomic E-state index is 13.4. The van der Waals surface area contributed by atoms with E-state index >= 15 is 0 Å². The Labute approximate surface area is 240 Å². The van der Waals surface area contributed by atoms with Gasteiger partial charge in [0.2, 0.25) is 15.9 Å². The van der Waals surface area contributed by atoms with E-state index in [0.717, 1.165) is 44.8 Å². The number of aromatic nitrogens is 3. The van der Waals surface area contributed by atoms with Crippen LogP contribution in [0.15, 0.2) is 96.0 Å². The van der Waals surface area contributed by atoms with Gasteiger partial charge in [-0.3, -0.25) is 14.6 Å². The topological polar surface area (TPSA) is 126 Å². The lowest BCUT2D eigenvalue weighted by Gasteiger charge is -2.34. The first-order chi connectivity index (χ1) is 19.8.